The SMILES string of the molecule is CC(Sc1cncs1)C1=C(C(=O)OC(c2ccccc2)c2ccccc2)N2C(=O)[C@@H](NC(=O)C(NC(=O)OC(C)(C)C)c3csc(NC(=O)CCl)n3)[C@@H]2SC1. The first-order chi connectivity index (χ1) is 26.3. The maximum Gasteiger partial charge on any atom is 0.408 e. The molecule has 0 aliphatic carbocycles. The highest BCUT2D eigenvalue weighted by molar-refractivity contribution is 8.02. The topological polar surface area (TPSA) is 169 Å². The molecule has 4 heterocycles. The Morgan fingerprint density at radius 1 is 1.04 bits per heavy atom. The first-order valence-electron chi connectivity index (χ1n) is 17.0. The van der Waals surface area contributed by atoms with Crippen LogP contribution >= 0.6 is 57.8 Å². The lowest BCUT2D eigenvalue weighted by atomic mass is 9.99. The smallest absolute Gasteiger partial charge is 0.408 e. The maximum atomic E-state index is 14.5. The summed E-state index contributed by atoms with van der Waals surface area (Å²) in [5.41, 5.74) is 3.31. The summed E-state index contributed by atoms with van der Waals surface area (Å²) >= 11 is 11.1. The van der Waals surface area contributed by atoms with Crippen LogP contribution in [0.4, 0.5) is 9.93 Å². The van der Waals surface area contributed by atoms with Gasteiger partial charge in [-0.25, -0.2) is 14.6 Å². The zero-order chi connectivity index (χ0) is 39.3. The van der Waals surface area contributed by atoms with E-state index in [1.807, 2.05) is 67.6 Å². The molecule has 13 nitrogen and oxygen atoms in total. The van der Waals surface area contributed by atoms with Crippen LogP contribution in [0.15, 0.2) is 93.2 Å². The van der Waals surface area contributed by atoms with E-state index in [-0.39, 0.29) is 27.7 Å². The van der Waals surface area contributed by atoms with Crippen LogP contribution in [0.1, 0.15) is 56.7 Å². The second kappa shape index (κ2) is 17.6. The summed E-state index contributed by atoms with van der Waals surface area (Å²) in [5, 5.41) is 8.61. The molecule has 2 aromatic carbocycles. The third-order valence-electron chi connectivity index (χ3n) is 8.22. The number of ether oxygens (including phenoxy) is 2. The van der Waals surface area contributed by atoms with E-state index >= 15 is 0 Å². The van der Waals surface area contributed by atoms with Crippen molar-refractivity contribution in [3.63, 3.8) is 0 Å². The van der Waals surface area contributed by atoms with E-state index in [1.54, 1.807) is 32.5 Å². The van der Waals surface area contributed by atoms with Crippen LogP contribution in [0.2, 0.25) is 0 Å². The molecular formula is C37H37ClN6O7S4. The Morgan fingerprint density at radius 3 is 2.31 bits per heavy atom. The molecule has 0 bridgehead atoms. The normalized spacial score (nSPS) is 17.8. The van der Waals surface area contributed by atoms with E-state index in [4.69, 9.17) is 21.1 Å². The summed E-state index contributed by atoms with van der Waals surface area (Å²) in [7, 11) is 0. The molecule has 0 saturated carbocycles. The highest BCUT2D eigenvalue weighted by Crippen LogP contribution is 2.45. The number of hydrogen-bond acceptors (Lipinski definition) is 13. The number of esters is 1. The van der Waals surface area contributed by atoms with Gasteiger partial charge in [-0.3, -0.25) is 24.3 Å². The number of thioether (sulfide) groups is 2. The van der Waals surface area contributed by atoms with Gasteiger partial charge < -0.3 is 25.4 Å². The van der Waals surface area contributed by atoms with Crippen LogP contribution in [0, 0.1) is 0 Å². The van der Waals surface area contributed by atoms with Crippen molar-refractivity contribution in [2.45, 2.75) is 66.3 Å². The summed E-state index contributed by atoms with van der Waals surface area (Å²) in [6.45, 7) is 6.99. The summed E-state index contributed by atoms with van der Waals surface area (Å²) in [4.78, 5) is 77.2. The van der Waals surface area contributed by atoms with Gasteiger partial charge in [0.1, 0.15) is 28.6 Å². The molecule has 4 atom stereocenters. The number of alkyl carbamates (subject to hydrolysis) is 1. The van der Waals surface area contributed by atoms with E-state index in [0.29, 0.717) is 11.3 Å². The van der Waals surface area contributed by atoms with Crippen LogP contribution in [0.25, 0.3) is 0 Å². The van der Waals surface area contributed by atoms with E-state index in [9.17, 15) is 24.0 Å². The van der Waals surface area contributed by atoms with Gasteiger partial charge in [-0.1, -0.05) is 60.7 Å². The average Bonchev–Trinajstić information content (AvgIpc) is 3.86. The number of amides is 4. The highest BCUT2D eigenvalue weighted by atomic mass is 35.5. The number of rotatable bonds is 13. The number of carbonyl (C=O) groups excluding carboxylic acids is 5. The van der Waals surface area contributed by atoms with Crippen molar-refractivity contribution in [2.75, 3.05) is 16.9 Å². The lowest BCUT2D eigenvalue weighted by Crippen LogP contribution is -2.71. The van der Waals surface area contributed by atoms with Gasteiger partial charge >= 0.3 is 12.1 Å². The van der Waals surface area contributed by atoms with E-state index in [1.165, 1.54) is 45.1 Å². The van der Waals surface area contributed by atoms with Crippen molar-refractivity contribution >= 4 is 92.7 Å². The van der Waals surface area contributed by atoms with Gasteiger partial charge in [0, 0.05) is 16.4 Å². The monoisotopic (exact) mass is 840 g/mol. The molecule has 1 saturated heterocycles. The number of nitrogens with zero attached hydrogens (tertiary/aromatic N) is 3. The molecule has 1 fully saturated rings. The number of thiazole rings is 2. The highest BCUT2D eigenvalue weighted by Gasteiger charge is 2.55. The van der Waals surface area contributed by atoms with Crippen LogP contribution in [0.5, 0.6) is 0 Å². The van der Waals surface area contributed by atoms with Crippen molar-refractivity contribution in [2.24, 2.45) is 0 Å². The Hall–Kier alpha value is -4.42. The largest absolute Gasteiger partial charge is 0.448 e. The Kier molecular flexibility index (Phi) is 12.9. The number of fused-ring (bicyclic) bond motifs is 1. The molecule has 0 radical (unpaired) electrons. The Balaban J connectivity index is 1.28. The minimum Gasteiger partial charge on any atom is -0.448 e. The zero-order valence-electron chi connectivity index (χ0n) is 30.0. The molecule has 55 heavy (non-hydrogen) atoms. The number of hydrogen-bond donors (Lipinski definition) is 3. The molecule has 0 spiro atoms. The van der Waals surface area contributed by atoms with Gasteiger partial charge in [-0.15, -0.1) is 57.8 Å². The quantitative estimate of drug-likeness (QED) is 0.0581. The molecule has 6 rings (SSSR count). The minimum absolute atomic E-state index is 0.103. The lowest BCUT2D eigenvalue weighted by molar-refractivity contribution is -0.154. The van der Waals surface area contributed by atoms with E-state index < -0.39 is 58.9 Å². The fourth-order valence-electron chi connectivity index (χ4n) is 5.76. The van der Waals surface area contributed by atoms with Gasteiger partial charge in [0.25, 0.3) is 5.91 Å². The Morgan fingerprint density at radius 2 is 1.71 bits per heavy atom. The minimum atomic E-state index is -1.40. The molecule has 288 valence electrons. The number of aromatic nitrogens is 2. The van der Waals surface area contributed by atoms with Gasteiger partial charge in [0.2, 0.25) is 11.8 Å². The van der Waals surface area contributed by atoms with Crippen LogP contribution in [0.3, 0.4) is 0 Å². The van der Waals surface area contributed by atoms with Gasteiger partial charge in [-0.2, -0.15) is 0 Å². The fraction of sp³-hybridized carbons (Fsp3) is 0.324. The number of carbonyl (C=O) groups is 5. The number of halogens is 1. The van der Waals surface area contributed by atoms with Crippen LogP contribution in [-0.4, -0.2) is 78.6 Å². The molecule has 2 aromatic heterocycles. The third kappa shape index (κ3) is 9.70. The van der Waals surface area contributed by atoms with Gasteiger partial charge in [-0.05, 0) is 44.4 Å². The number of β-lactam (4-membered cyclic amide) rings is 1. The summed E-state index contributed by atoms with van der Waals surface area (Å²) in [5.74, 6) is -2.38. The average molecular weight is 841 g/mol. The van der Waals surface area contributed by atoms with E-state index in [0.717, 1.165) is 26.7 Å². The van der Waals surface area contributed by atoms with Gasteiger partial charge in [0.15, 0.2) is 17.3 Å². The Labute approximate surface area is 339 Å². The van der Waals surface area contributed by atoms with Crippen molar-refractivity contribution in [3.05, 3.63) is 106 Å². The number of alkyl halides is 1. The third-order valence-corrected chi connectivity index (χ3v) is 12.7. The van der Waals surface area contributed by atoms with Crippen LogP contribution < -0.4 is 16.0 Å². The predicted molar refractivity (Wildman–Crippen MR) is 214 cm³/mol. The Bertz CT molecular complexity index is 2020. The van der Waals surface area contributed by atoms with Crippen molar-refractivity contribution < 1.29 is 33.4 Å². The maximum absolute atomic E-state index is 14.5. The predicted octanol–water partition coefficient (Wildman–Crippen LogP) is 6.51. The molecule has 3 N–H and O–H groups in total. The molecule has 4 aromatic rings. The second-order valence-corrected chi connectivity index (χ2v) is 18.1. The van der Waals surface area contributed by atoms with E-state index in [2.05, 4.69) is 25.9 Å². The van der Waals surface area contributed by atoms with Crippen molar-refractivity contribution in [1.82, 2.24) is 25.5 Å². The molecule has 2 aliphatic heterocycles. The van der Waals surface area contributed by atoms with Crippen molar-refractivity contribution in [3.8, 4) is 0 Å². The number of benzene rings is 2. The zero-order valence-corrected chi connectivity index (χ0v) is 34.0. The first-order valence-corrected chi connectivity index (χ1v) is 21.2. The molecule has 18 heteroatoms. The molecular weight excluding hydrogens is 804 g/mol. The lowest BCUT2D eigenvalue weighted by Gasteiger charge is -2.50. The molecule has 2 aliphatic rings. The van der Waals surface area contributed by atoms with Crippen molar-refractivity contribution in [1.29, 1.82) is 0 Å². The summed E-state index contributed by atoms with van der Waals surface area (Å²) < 4.78 is 12.7. The number of anilines is 1. The van der Waals surface area contributed by atoms with Crippen LogP contribution in [-0.2, 0) is 28.7 Å². The fourth-order valence-corrected chi connectivity index (χ4v) is 10.1. The summed E-state index contributed by atoms with van der Waals surface area (Å²) in [6, 6.07) is 16.3. The second-order valence-electron chi connectivity index (χ2n) is 13.3. The standard InChI is InChI=1S/C37H37ClN6O7S4/c1-20(55-26-16-39-19-54-26)23-17-52-33-28(42-31(46)27(43-36(49)51-37(2,3)4)24-18-53-35(40-24)41-25(45)15-38)32(47)44(33)29(23)34(48)50-30(21-11-7-5-8-12-21)22-13-9-6-10-14-22/h5-14,16,18-20,27-28,30,33H,15,17H2,1-4H3,(H,42,46)(H,43,49)(H,40,41,45)/t20?,27?,28-,33+/m1/s1. The summed E-state index contributed by atoms with van der Waals surface area (Å²) in [6.07, 6.45) is 0.102. The molecule has 2 unspecified atom stereocenters. The number of nitrogens with one attached hydrogen (secondary N) is 3. The first kappa shape index (κ1) is 40.2. The molecule has 4 amide bonds. The van der Waals surface area contributed by atoms with Gasteiger partial charge in [0.05, 0.1) is 21.6 Å².